The molecule has 0 saturated carbocycles. The summed E-state index contributed by atoms with van der Waals surface area (Å²) in [4.78, 5) is 25.4. The number of nitrogens with zero attached hydrogens (tertiary/aromatic N) is 2. The minimum absolute atomic E-state index is 0.0459. The molecule has 110 valence electrons. The van der Waals surface area contributed by atoms with Gasteiger partial charge >= 0.3 is 0 Å². The van der Waals surface area contributed by atoms with E-state index < -0.39 is 0 Å². The molecule has 1 aromatic heterocycles. The lowest BCUT2D eigenvalue weighted by Gasteiger charge is -2.33. The van der Waals surface area contributed by atoms with Crippen molar-refractivity contribution < 1.29 is 9.53 Å². The van der Waals surface area contributed by atoms with E-state index in [0.29, 0.717) is 19.7 Å². The van der Waals surface area contributed by atoms with Gasteiger partial charge in [-0.2, -0.15) is 5.10 Å². The Bertz CT molecular complexity index is 502. The van der Waals surface area contributed by atoms with Crippen LogP contribution in [0.3, 0.4) is 0 Å². The van der Waals surface area contributed by atoms with Gasteiger partial charge in [-0.05, 0) is 12.8 Å². The average Bonchev–Trinajstić information content (AvgIpc) is 2.47. The fourth-order valence-corrected chi connectivity index (χ4v) is 2.39. The van der Waals surface area contributed by atoms with E-state index in [0.717, 1.165) is 25.1 Å². The fraction of sp³-hybridized carbons (Fsp3) is 0.615. The minimum Gasteiger partial charge on any atom is -0.383 e. The van der Waals surface area contributed by atoms with Gasteiger partial charge in [0.15, 0.2) is 0 Å². The molecule has 1 amide bonds. The molecule has 1 saturated heterocycles. The molecule has 1 atom stereocenters. The zero-order chi connectivity index (χ0) is 14.4. The molecule has 0 aromatic carbocycles. The number of rotatable bonds is 5. The molecule has 20 heavy (non-hydrogen) atoms. The fourth-order valence-electron chi connectivity index (χ4n) is 2.39. The Labute approximate surface area is 117 Å². The number of hydrogen-bond donors (Lipinski definition) is 2. The molecule has 0 unspecified atom stereocenters. The summed E-state index contributed by atoms with van der Waals surface area (Å²) in [6.07, 6.45) is 3.41. The summed E-state index contributed by atoms with van der Waals surface area (Å²) >= 11 is 0. The van der Waals surface area contributed by atoms with Gasteiger partial charge < -0.3 is 15.0 Å². The highest BCUT2D eigenvalue weighted by Gasteiger charge is 2.25. The maximum atomic E-state index is 12.0. The van der Waals surface area contributed by atoms with Crippen molar-refractivity contribution in [2.24, 2.45) is 5.92 Å². The van der Waals surface area contributed by atoms with Crippen molar-refractivity contribution >= 4 is 11.6 Å². The Morgan fingerprint density at radius 1 is 1.65 bits per heavy atom. The van der Waals surface area contributed by atoms with E-state index >= 15 is 0 Å². The smallest absolute Gasteiger partial charge is 0.266 e. The zero-order valence-electron chi connectivity index (χ0n) is 11.6. The summed E-state index contributed by atoms with van der Waals surface area (Å²) in [5.74, 6) is -0.00977. The molecular formula is C13H20N4O3. The van der Waals surface area contributed by atoms with E-state index in [-0.39, 0.29) is 17.4 Å². The van der Waals surface area contributed by atoms with Crippen LogP contribution in [0.5, 0.6) is 0 Å². The lowest BCUT2D eigenvalue weighted by molar-refractivity contribution is -0.125. The van der Waals surface area contributed by atoms with Crippen LogP contribution in [0.4, 0.5) is 5.69 Å². The van der Waals surface area contributed by atoms with E-state index in [2.05, 4.69) is 15.5 Å². The largest absolute Gasteiger partial charge is 0.383 e. The number of aromatic nitrogens is 2. The standard InChI is InChI=1S/C13H20N4O3/c1-20-6-4-14-13(19)10-3-2-5-17(9-10)11-7-12(18)16-15-8-11/h7-8,10H,2-6,9H2,1H3,(H,14,19)(H,16,18)/t10-/m0/s1. The molecule has 0 bridgehead atoms. The number of amides is 1. The molecule has 2 rings (SSSR count). The van der Waals surface area contributed by atoms with Gasteiger partial charge in [-0.1, -0.05) is 0 Å². The summed E-state index contributed by atoms with van der Waals surface area (Å²) in [6.45, 7) is 2.50. The zero-order valence-corrected chi connectivity index (χ0v) is 11.6. The van der Waals surface area contributed by atoms with Crippen LogP contribution in [0.2, 0.25) is 0 Å². The first-order valence-electron chi connectivity index (χ1n) is 6.77. The van der Waals surface area contributed by atoms with Gasteiger partial charge in [-0.25, -0.2) is 5.10 Å². The summed E-state index contributed by atoms with van der Waals surface area (Å²) in [5.41, 5.74) is 0.539. The second-order valence-corrected chi connectivity index (χ2v) is 4.87. The first kappa shape index (κ1) is 14.5. The van der Waals surface area contributed by atoms with Crippen molar-refractivity contribution in [3.63, 3.8) is 0 Å². The highest BCUT2D eigenvalue weighted by molar-refractivity contribution is 5.79. The highest BCUT2D eigenvalue weighted by Crippen LogP contribution is 2.21. The number of ether oxygens (including phenoxy) is 1. The molecule has 1 aliphatic rings. The van der Waals surface area contributed by atoms with Crippen LogP contribution in [0.25, 0.3) is 0 Å². The van der Waals surface area contributed by atoms with Gasteiger partial charge in [0.25, 0.3) is 5.56 Å². The monoisotopic (exact) mass is 280 g/mol. The lowest BCUT2D eigenvalue weighted by Crippen LogP contribution is -2.44. The summed E-state index contributed by atoms with van der Waals surface area (Å²) in [7, 11) is 1.61. The Morgan fingerprint density at radius 3 is 3.25 bits per heavy atom. The van der Waals surface area contributed by atoms with E-state index in [9.17, 15) is 9.59 Å². The Kier molecular flexibility index (Phi) is 5.11. The van der Waals surface area contributed by atoms with Crippen LogP contribution in [-0.2, 0) is 9.53 Å². The van der Waals surface area contributed by atoms with Gasteiger partial charge in [0.1, 0.15) is 0 Å². The van der Waals surface area contributed by atoms with Crippen LogP contribution >= 0.6 is 0 Å². The predicted octanol–water partition coefficient (Wildman–Crippen LogP) is -0.251. The normalized spacial score (nSPS) is 18.9. The predicted molar refractivity (Wildman–Crippen MR) is 74.7 cm³/mol. The molecule has 0 aliphatic carbocycles. The molecule has 1 fully saturated rings. The van der Waals surface area contributed by atoms with Crippen molar-refractivity contribution in [3.8, 4) is 0 Å². The number of aromatic amines is 1. The molecule has 7 heteroatoms. The van der Waals surface area contributed by atoms with Crippen LogP contribution in [0.15, 0.2) is 17.1 Å². The van der Waals surface area contributed by atoms with Crippen molar-refractivity contribution in [2.75, 3.05) is 38.3 Å². The Morgan fingerprint density at radius 2 is 2.50 bits per heavy atom. The summed E-state index contributed by atoms with van der Waals surface area (Å²) < 4.78 is 4.91. The van der Waals surface area contributed by atoms with Crippen molar-refractivity contribution in [3.05, 3.63) is 22.6 Å². The molecule has 1 aliphatic heterocycles. The molecule has 2 N–H and O–H groups in total. The van der Waals surface area contributed by atoms with Crippen LogP contribution in [0, 0.1) is 5.92 Å². The third-order valence-electron chi connectivity index (χ3n) is 3.41. The molecule has 0 radical (unpaired) electrons. The van der Waals surface area contributed by atoms with Gasteiger partial charge in [0.2, 0.25) is 5.91 Å². The maximum absolute atomic E-state index is 12.0. The summed E-state index contributed by atoms with van der Waals surface area (Å²) in [6, 6.07) is 1.51. The third kappa shape index (κ3) is 3.80. The molecule has 1 aromatic rings. The number of piperidine rings is 1. The van der Waals surface area contributed by atoms with Crippen LogP contribution in [-0.4, -0.2) is 49.5 Å². The quantitative estimate of drug-likeness (QED) is 0.726. The second kappa shape index (κ2) is 7.04. The number of nitrogens with one attached hydrogen (secondary N) is 2. The number of methoxy groups -OCH3 is 1. The van der Waals surface area contributed by atoms with Crippen LogP contribution < -0.4 is 15.8 Å². The summed E-state index contributed by atoms with van der Waals surface area (Å²) in [5, 5.41) is 9.01. The van der Waals surface area contributed by atoms with Gasteiger partial charge in [-0.3, -0.25) is 9.59 Å². The van der Waals surface area contributed by atoms with E-state index in [1.165, 1.54) is 6.07 Å². The first-order chi connectivity index (χ1) is 9.70. The Balaban J connectivity index is 1.94. The lowest BCUT2D eigenvalue weighted by atomic mass is 9.97. The number of carbonyl (C=O) groups is 1. The number of hydrogen-bond acceptors (Lipinski definition) is 5. The second-order valence-electron chi connectivity index (χ2n) is 4.87. The first-order valence-corrected chi connectivity index (χ1v) is 6.77. The maximum Gasteiger partial charge on any atom is 0.266 e. The molecular weight excluding hydrogens is 260 g/mol. The van der Waals surface area contributed by atoms with Gasteiger partial charge in [0.05, 0.1) is 24.4 Å². The topological polar surface area (TPSA) is 87.3 Å². The van der Waals surface area contributed by atoms with Gasteiger partial charge in [0, 0.05) is 32.8 Å². The molecule has 2 heterocycles. The number of H-pyrrole nitrogens is 1. The molecule has 0 spiro atoms. The average molecular weight is 280 g/mol. The van der Waals surface area contributed by atoms with Crippen molar-refractivity contribution in [2.45, 2.75) is 12.8 Å². The molecule has 7 nitrogen and oxygen atoms in total. The van der Waals surface area contributed by atoms with Crippen LogP contribution in [0.1, 0.15) is 12.8 Å². The minimum atomic E-state index is -0.228. The SMILES string of the molecule is COCCNC(=O)[C@H]1CCCN(c2cn[nH]c(=O)c2)C1. The van der Waals surface area contributed by atoms with E-state index in [1.54, 1.807) is 13.3 Å². The van der Waals surface area contributed by atoms with E-state index in [4.69, 9.17) is 4.74 Å². The Hall–Kier alpha value is -1.89. The third-order valence-corrected chi connectivity index (χ3v) is 3.41. The van der Waals surface area contributed by atoms with Crippen molar-refractivity contribution in [1.82, 2.24) is 15.5 Å². The highest BCUT2D eigenvalue weighted by atomic mass is 16.5. The number of anilines is 1. The number of carbonyl (C=O) groups excluding carboxylic acids is 1. The van der Waals surface area contributed by atoms with Crippen molar-refractivity contribution in [1.29, 1.82) is 0 Å². The van der Waals surface area contributed by atoms with E-state index in [1.807, 2.05) is 4.90 Å². The van der Waals surface area contributed by atoms with Gasteiger partial charge in [-0.15, -0.1) is 0 Å².